The van der Waals surface area contributed by atoms with Crippen molar-refractivity contribution in [2.24, 2.45) is 0 Å². The van der Waals surface area contributed by atoms with Crippen LogP contribution in [-0.4, -0.2) is 22.7 Å². The van der Waals surface area contributed by atoms with Crippen molar-refractivity contribution in [2.45, 2.75) is 26.0 Å². The molecule has 3 nitrogen and oxygen atoms in total. The molecule has 0 amide bonds. The van der Waals surface area contributed by atoms with Gasteiger partial charge < -0.3 is 10.4 Å². The van der Waals surface area contributed by atoms with E-state index in [1.54, 1.807) is 13.1 Å². The number of nitrogens with zero attached hydrogens (tertiary/aromatic N) is 1. The fourth-order valence-corrected chi connectivity index (χ4v) is 1.03. The summed E-state index contributed by atoms with van der Waals surface area (Å²) in [6.07, 6.45) is 2.34. The second-order valence-corrected chi connectivity index (χ2v) is 3.14. The molecule has 0 unspecified atom stereocenters. The third-order valence-electron chi connectivity index (χ3n) is 1.77. The number of aromatic nitrogens is 1. The SMILES string of the molecule is C[C@@H](O)CCNCc1ccccn1. The largest absolute Gasteiger partial charge is 0.393 e. The summed E-state index contributed by atoms with van der Waals surface area (Å²) in [6.45, 7) is 3.39. The van der Waals surface area contributed by atoms with Crippen LogP contribution in [0.25, 0.3) is 0 Å². The lowest BCUT2D eigenvalue weighted by molar-refractivity contribution is 0.183. The first-order valence-electron chi connectivity index (χ1n) is 4.57. The summed E-state index contributed by atoms with van der Waals surface area (Å²) in [6, 6.07) is 5.85. The van der Waals surface area contributed by atoms with Crippen molar-refractivity contribution in [2.75, 3.05) is 6.54 Å². The quantitative estimate of drug-likeness (QED) is 0.663. The van der Waals surface area contributed by atoms with E-state index in [9.17, 15) is 0 Å². The zero-order valence-corrected chi connectivity index (χ0v) is 7.90. The standard InChI is InChI=1S/C10H16N2O/c1-9(13)5-7-11-8-10-4-2-3-6-12-10/h2-4,6,9,11,13H,5,7-8H2,1H3/t9-/m1/s1. The lowest BCUT2D eigenvalue weighted by atomic mass is 10.3. The zero-order chi connectivity index (χ0) is 9.52. The Hall–Kier alpha value is -0.930. The maximum absolute atomic E-state index is 8.99. The summed E-state index contributed by atoms with van der Waals surface area (Å²) in [5, 5.41) is 12.2. The number of aliphatic hydroxyl groups is 1. The molecule has 0 bridgehead atoms. The number of aliphatic hydroxyl groups excluding tert-OH is 1. The van der Waals surface area contributed by atoms with Crippen molar-refractivity contribution >= 4 is 0 Å². The van der Waals surface area contributed by atoms with E-state index in [4.69, 9.17) is 5.11 Å². The molecule has 1 rings (SSSR count). The number of nitrogens with one attached hydrogen (secondary N) is 1. The van der Waals surface area contributed by atoms with Gasteiger partial charge in [0.15, 0.2) is 0 Å². The summed E-state index contributed by atoms with van der Waals surface area (Å²) >= 11 is 0. The van der Waals surface area contributed by atoms with Crippen LogP contribution in [0.3, 0.4) is 0 Å². The van der Waals surface area contributed by atoms with Gasteiger partial charge in [0, 0.05) is 12.7 Å². The third-order valence-corrected chi connectivity index (χ3v) is 1.77. The van der Waals surface area contributed by atoms with Gasteiger partial charge in [-0.15, -0.1) is 0 Å². The summed E-state index contributed by atoms with van der Waals surface area (Å²) in [5.74, 6) is 0. The molecule has 0 spiro atoms. The normalized spacial score (nSPS) is 12.8. The summed E-state index contributed by atoms with van der Waals surface area (Å²) < 4.78 is 0. The second kappa shape index (κ2) is 5.67. The predicted molar refractivity (Wildman–Crippen MR) is 52.2 cm³/mol. The molecule has 0 aliphatic carbocycles. The van der Waals surface area contributed by atoms with Crippen LogP contribution in [0.5, 0.6) is 0 Å². The first-order valence-corrected chi connectivity index (χ1v) is 4.57. The minimum absolute atomic E-state index is 0.226. The average Bonchev–Trinajstić information content (AvgIpc) is 2.14. The van der Waals surface area contributed by atoms with Crippen LogP contribution >= 0.6 is 0 Å². The molecule has 0 radical (unpaired) electrons. The van der Waals surface area contributed by atoms with E-state index in [0.717, 1.165) is 25.2 Å². The fraction of sp³-hybridized carbons (Fsp3) is 0.500. The third kappa shape index (κ3) is 4.60. The van der Waals surface area contributed by atoms with Crippen molar-refractivity contribution in [1.29, 1.82) is 0 Å². The topological polar surface area (TPSA) is 45.1 Å². The molecule has 1 heterocycles. The highest BCUT2D eigenvalue weighted by Gasteiger charge is 1.95. The number of rotatable bonds is 5. The molecule has 2 N–H and O–H groups in total. The minimum Gasteiger partial charge on any atom is -0.393 e. The van der Waals surface area contributed by atoms with Gasteiger partial charge in [-0.3, -0.25) is 4.98 Å². The van der Waals surface area contributed by atoms with Crippen LogP contribution in [0.15, 0.2) is 24.4 Å². The van der Waals surface area contributed by atoms with Gasteiger partial charge >= 0.3 is 0 Å². The van der Waals surface area contributed by atoms with Crippen LogP contribution in [0, 0.1) is 0 Å². The molecule has 13 heavy (non-hydrogen) atoms. The highest BCUT2D eigenvalue weighted by atomic mass is 16.3. The Kier molecular flexibility index (Phi) is 4.43. The lowest BCUT2D eigenvalue weighted by Crippen LogP contribution is -2.19. The van der Waals surface area contributed by atoms with E-state index in [2.05, 4.69) is 10.3 Å². The highest BCUT2D eigenvalue weighted by molar-refractivity contribution is 5.02. The monoisotopic (exact) mass is 180 g/mol. The van der Waals surface area contributed by atoms with Crippen molar-refractivity contribution in [3.05, 3.63) is 30.1 Å². The number of hydrogen-bond acceptors (Lipinski definition) is 3. The van der Waals surface area contributed by atoms with E-state index in [1.807, 2.05) is 18.2 Å². The number of hydrogen-bond donors (Lipinski definition) is 2. The lowest BCUT2D eigenvalue weighted by Gasteiger charge is -2.05. The second-order valence-electron chi connectivity index (χ2n) is 3.14. The van der Waals surface area contributed by atoms with E-state index < -0.39 is 0 Å². The van der Waals surface area contributed by atoms with Crippen LogP contribution in [-0.2, 0) is 6.54 Å². The molecule has 3 heteroatoms. The van der Waals surface area contributed by atoms with Gasteiger partial charge in [-0.2, -0.15) is 0 Å². The molecule has 1 atom stereocenters. The zero-order valence-electron chi connectivity index (χ0n) is 7.90. The van der Waals surface area contributed by atoms with Crippen LogP contribution < -0.4 is 5.32 Å². The van der Waals surface area contributed by atoms with Gasteiger partial charge in [0.05, 0.1) is 11.8 Å². The van der Waals surface area contributed by atoms with Crippen LogP contribution in [0.4, 0.5) is 0 Å². The van der Waals surface area contributed by atoms with Gasteiger partial charge in [0.1, 0.15) is 0 Å². The molecule has 0 aliphatic rings. The molecule has 0 fully saturated rings. The van der Waals surface area contributed by atoms with Gasteiger partial charge in [0.2, 0.25) is 0 Å². The Morgan fingerprint density at radius 3 is 3.00 bits per heavy atom. The molecule has 72 valence electrons. The van der Waals surface area contributed by atoms with E-state index in [1.165, 1.54) is 0 Å². The Morgan fingerprint density at radius 2 is 2.38 bits per heavy atom. The molecule has 0 aliphatic heterocycles. The molecular formula is C10H16N2O. The van der Waals surface area contributed by atoms with E-state index >= 15 is 0 Å². The minimum atomic E-state index is -0.226. The van der Waals surface area contributed by atoms with Crippen LogP contribution in [0.2, 0.25) is 0 Å². The van der Waals surface area contributed by atoms with Crippen molar-refractivity contribution in [3.8, 4) is 0 Å². The van der Waals surface area contributed by atoms with Crippen molar-refractivity contribution < 1.29 is 5.11 Å². The smallest absolute Gasteiger partial charge is 0.0541 e. The van der Waals surface area contributed by atoms with Crippen LogP contribution in [0.1, 0.15) is 19.0 Å². The van der Waals surface area contributed by atoms with Crippen molar-refractivity contribution in [1.82, 2.24) is 10.3 Å². The predicted octanol–water partition coefficient (Wildman–Crippen LogP) is 0.942. The molecule has 1 aromatic rings. The van der Waals surface area contributed by atoms with Gasteiger partial charge in [-0.05, 0) is 32.0 Å². The maximum Gasteiger partial charge on any atom is 0.0541 e. The summed E-state index contributed by atoms with van der Waals surface area (Å²) in [7, 11) is 0. The van der Waals surface area contributed by atoms with Crippen molar-refractivity contribution in [3.63, 3.8) is 0 Å². The first kappa shape index (κ1) is 10.2. The van der Waals surface area contributed by atoms with Gasteiger partial charge in [-0.25, -0.2) is 0 Å². The molecule has 1 aromatic heterocycles. The summed E-state index contributed by atoms with van der Waals surface area (Å²) in [4.78, 5) is 4.17. The maximum atomic E-state index is 8.99. The fourth-order valence-electron chi connectivity index (χ4n) is 1.03. The average molecular weight is 180 g/mol. The van der Waals surface area contributed by atoms with Gasteiger partial charge in [0.25, 0.3) is 0 Å². The van der Waals surface area contributed by atoms with E-state index in [-0.39, 0.29) is 6.10 Å². The summed E-state index contributed by atoms with van der Waals surface area (Å²) in [5.41, 5.74) is 1.04. The Bertz CT molecular complexity index is 224. The molecule has 0 saturated carbocycles. The molecule has 0 aromatic carbocycles. The Morgan fingerprint density at radius 1 is 1.54 bits per heavy atom. The Labute approximate surface area is 78.8 Å². The number of pyridine rings is 1. The van der Waals surface area contributed by atoms with Gasteiger partial charge in [-0.1, -0.05) is 6.07 Å². The molecule has 0 saturated heterocycles. The highest BCUT2D eigenvalue weighted by Crippen LogP contribution is 1.92. The first-order chi connectivity index (χ1) is 6.29. The molecular weight excluding hydrogens is 164 g/mol. The Balaban J connectivity index is 2.13. The van der Waals surface area contributed by atoms with E-state index in [0.29, 0.717) is 0 Å².